The van der Waals surface area contributed by atoms with Gasteiger partial charge in [0.1, 0.15) is 22.9 Å². The molecule has 21 heavy (non-hydrogen) atoms. The smallest absolute Gasteiger partial charge is 0.258 e. The van der Waals surface area contributed by atoms with Gasteiger partial charge in [-0.25, -0.2) is 4.98 Å². The van der Waals surface area contributed by atoms with Crippen LogP contribution in [-0.4, -0.2) is 36.6 Å². The van der Waals surface area contributed by atoms with Crippen LogP contribution >= 0.6 is 0 Å². The minimum atomic E-state index is -0.205. The average Bonchev–Trinajstić information content (AvgIpc) is 3.03. The van der Waals surface area contributed by atoms with Gasteiger partial charge in [-0.2, -0.15) is 0 Å². The molecule has 6 nitrogen and oxygen atoms in total. The summed E-state index contributed by atoms with van der Waals surface area (Å²) in [5, 5.41) is 2.87. The van der Waals surface area contributed by atoms with Crippen molar-refractivity contribution in [3.05, 3.63) is 42.0 Å². The van der Waals surface area contributed by atoms with E-state index in [0.29, 0.717) is 23.6 Å². The molecule has 0 atom stereocenters. The molecule has 1 amide bonds. The Hall–Kier alpha value is -2.50. The van der Waals surface area contributed by atoms with E-state index in [-0.39, 0.29) is 5.91 Å². The monoisotopic (exact) mass is 289 g/mol. The van der Waals surface area contributed by atoms with Crippen LogP contribution in [-0.2, 0) is 6.42 Å². The van der Waals surface area contributed by atoms with E-state index in [2.05, 4.69) is 15.3 Å². The summed E-state index contributed by atoms with van der Waals surface area (Å²) >= 11 is 0. The van der Waals surface area contributed by atoms with Crippen LogP contribution in [0.4, 0.5) is 0 Å². The Balaban J connectivity index is 1.93. The predicted octanol–water partition coefficient (Wildman–Crippen LogP) is 1.79. The first-order valence-corrected chi connectivity index (χ1v) is 6.73. The van der Waals surface area contributed by atoms with Gasteiger partial charge >= 0.3 is 0 Å². The Bertz CT molecular complexity index is 560. The molecule has 2 rings (SSSR count). The molecule has 0 saturated heterocycles. The molecule has 0 saturated carbocycles. The van der Waals surface area contributed by atoms with Crippen LogP contribution in [0.1, 0.15) is 22.6 Å². The fourth-order valence-electron chi connectivity index (χ4n) is 2.06. The molecule has 1 heterocycles. The highest BCUT2D eigenvalue weighted by atomic mass is 16.5. The Kier molecular flexibility index (Phi) is 5.20. The lowest BCUT2D eigenvalue weighted by Crippen LogP contribution is -2.25. The number of rotatable bonds is 7. The van der Waals surface area contributed by atoms with Gasteiger partial charge in [0, 0.05) is 25.4 Å². The summed E-state index contributed by atoms with van der Waals surface area (Å²) in [5.41, 5.74) is 0.417. The average molecular weight is 289 g/mol. The maximum atomic E-state index is 12.3. The van der Waals surface area contributed by atoms with Crippen LogP contribution in [0, 0.1) is 0 Å². The number of aromatic nitrogens is 2. The van der Waals surface area contributed by atoms with E-state index in [4.69, 9.17) is 9.47 Å². The topological polar surface area (TPSA) is 76.2 Å². The first-order chi connectivity index (χ1) is 10.3. The van der Waals surface area contributed by atoms with E-state index in [0.717, 1.165) is 18.7 Å². The zero-order valence-corrected chi connectivity index (χ0v) is 12.2. The largest absolute Gasteiger partial charge is 0.496 e. The van der Waals surface area contributed by atoms with E-state index >= 15 is 0 Å². The van der Waals surface area contributed by atoms with Gasteiger partial charge in [-0.1, -0.05) is 6.07 Å². The molecule has 1 aromatic carbocycles. The fourth-order valence-corrected chi connectivity index (χ4v) is 2.06. The van der Waals surface area contributed by atoms with Gasteiger partial charge in [0.05, 0.1) is 14.2 Å². The van der Waals surface area contributed by atoms with Gasteiger partial charge in [-0.05, 0) is 18.6 Å². The maximum Gasteiger partial charge on any atom is 0.258 e. The van der Waals surface area contributed by atoms with Gasteiger partial charge in [0.25, 0.3) is 5.91 Å². The quantitative estimate of drug-likeness (QED) is 0.762. The highest BCUT2D eigenvalue weighted by Crippen LogP contribution is 2.27. The number of carbonyl (C=O) groups is 1. The second-order valence-electron chi connectivity index (χ2n) is 4.43. The van der Waals surface area contributed by atoms with Gasteiger partial charge in [0.15, 0.2) is 0 Å². The number of methoxy groups -OCH3 is 2. The van der Waals surface area contributed by atoms with E-state index in [1.165, 1.54) is 14.2 Å². The van der Waals surface area contributed by atoms with Crippen molar-refractivity contribution in [1.29, 1.82) is 0 Å². The predicted molar refractivity (Wildman–Crippen MR) is 78.8 cm³/mol. The van der Waals surface area contributed by atoms with Crippen molar-refractivity contribution >= 4 is 5.91 Å². The number of aromatic amines is 1. The molecule has 0 aliphatic carbocycles. The summed E-state index contributed by atoms with van der Waals surface area (Å²) < 4.78 is 10.4. The molecule has 0 spiro atoms. The maximum absolute atomic E-state index is 12.3. The summed E-state index contributed by atoms with van der Waals surface area (Å²) in [4.78, 5) is 19.4. The lowest BCUT2D eigenvalue weighted by molar-refractivity contribution is 0.0947. The lowest BCUT2D eigenvalue weighted by Gasteiger charge is -2.12. The zero-order chi connectivity index (χ0) is 15.1. The Labute approximate surface area is 123 Å². The molecular weight excluding hydrogens is 270 g/mol. The highest BCUT2D eigenvalue weighted by Gasteiger charge is 2.17. The number of hydrogen-bond acceptors (Lipinski definition) is 4. The van der Waals surface area contributed by atoms with Gasteiger partial charge in [0.2, 0.25) is 0 Å². The summed E-state index contributed by atoms with van der Waals surface area (Å²) in [5.74, 6) is 1.71. The van der Waals surface area contributed by atoms with E-state index in [1.807, 2.05) is 0 Å². The van der Waals surface area contributed by atoms with Crippen molar-refractivity contribution in [3.63, 3.8) is 0 Å². The number of nitrogens with zero attached hydrogens (tertiary/aromatic N) is 1. The number of H-pyrrole nitrogens is 1. The molecule has 0 fully saturated rings. The second kappa shape index (κ2) is 7.33. The molecule has 2 N–H and O–H groups in total. The summed E-state index contributed by atoms with van der Waals surface area (Å²) in [6.45, 7) is 0.556. The minimum absolute atomic E-state index is 0.205. The number of carbonyl (C=O) groups excluding carboxylic acids is 1. The molecule has 0 radical (unpaired) electrons. The van der Waals surface area contributed by atoms with Crippen LogP contribution in [0.25, 0.3) is 0 Å². The Morgan fingerprint density at radius 1 is 1.29 bits per heavy atom. The molecule has 0 unspecified atom stereocenters. The van der Waals surface area contributed by atoms with Crippen LogP contribution < -0.4 is 14.8 Å². The van der Waals surface area contributed by atoms with Crippen molar-refractivity contribution in [2.24, 2.45) is 0 Å². The Morgan fingerprint density at radius 2 is 2.00 bits per heavy atom. The van der Waals surface area contributed by atoms with Crippen molar-refractivity contribution in [2.45, 2.75) is 12.8 Å². The van der Waals surface area contributed by atoms with E-state index in [1.54, 1.807) is 30.6 Å². The number of ether oxygens (including phenoxy) is 2. The molecular formula is C15H19N3O3. The number of imidazole rings is 1. The standard InChI is InChI=1S/C15H19N3O3/c1-20-11-5-3-6-12(21-2)14(11)15(19)18-8-4-7-13-16-9-10-17-13/h3,5-6,9-10H,4,7-8H2,1-2H3,(H,16,17)(H,18,19). The lowest BCUT2D eigenvalue weighted by atomic mass is 10.1. The van der Waals surface area contributed by atoms with Gasteiger partial charge in [-0.3, -0.25) is 4.79 Å². The Morgan fingerprint density at radius 3 is 2.57 bits per heavy atom. The second-order valence-corrected chi connectivity index (χ2v) is 4.43. The molecule has 0 aliphatic rings. The number of amides is 1. The molecule has 1 aromatic heterocycles. The first kappa shape index (κ1) is 14.9. The summed E-state index contributed by atoms with van der Waals surface area (Å²) in [7, 11) is 3.06. The fraction of sp³-hybridized carbons (Fsp3) is 0.333. The van der Waals surface area contributed by atoms with Crippen molar-refractivity contribution in [2.75, 3.05) is 20.8 Å². The van der Waals surface area contributed by atoms with Crippen LogP contribution in [0.15, 0.2) is 30.6 Å². The minimum Gasteiger partial charge on any atom is -0.496 e. The summed E-state index contributed by atoms with van der Waals surface area (Å²) in [6, 6.07) is 5.26. The van der Waals surface area contributed by atoms with E-state index in [9.17, 15) is 4.79 Å². The van der Waals surface area contributed by atoms with Crippen molar-refractivity contribution in [1.82, 2.24) is 15.3 Å². The highest BCUT2D eigenvalue weighted by molar-refractivity contribution is 5.99. The molecule has 0 aliphatic heterocycles. The van der Waals surface area contributed by atoms with Crippen LogP contribution in [0.5, 0.6) is 11.5 Å². The zero-order valence-electron chi connectivity index (χ0n) is 12.2. The molecule has 6 heteroatoms. The van der Waals surface area contributed by atoms with Gasteiger partial charge in [-0.15, -0.1) is 0 Å². The first-order valence-electron chi connectivity index (χ1n) is 6.73. The van der Waals surface area contributed by atoms with Crippen LogP contribution in [0.3, 0.4) is 0 Å². The molecule has 0 bridgehead atoms. The number of aryl methyl sites for hydroxylation is 1. The third-order valence-corrected chi connectivity index (χ3v) is 3.09. The van der Waals surface area contributed by atoms with Crippen molar-refractivity contribution in [3.8, 4) is 11.5 Å². The third kappa shape index (κ3) is 3.75. The summed E-state index contributed by atoms with van der Waals surface area (Å²) in [6.07, 6.45) is 5.09. The van der Waals surface area contributed by atoms with Crippen LogP contribution in [0.2, 0.25) is 0 Å². The number of hydrogen-bond donors (Lipinski definition) is 2. The van der Waals surface area contributed by atoms with Gasteiger partial charge < -0.3 is 19.8 Å². The normalized spacial score (nSPS) is 10.2. The SMILES string of the molecule is COc1cccc(OC)c1C(=O)NCCCc1ncc[nH]1. The molecule has 112 valence electrons. The number of nitrogens with one attached hydrogen (secondary N) is 2. The number of benzene rings is 1. The third-order valence-electron chi connectivity index (χ3n) is 3.09. The van der Waals surface area contributed by atoms with E-state index < -0.39 is 0 Å². The van der Waals surface area contributed by atoms with Crippen molar-refractivity contribution < 1.29 is 14.3 Å². The molecule has 2 aromatic rings.